The number of ether oxygens (including phenoxy) is 1. The van der Waals surface area contributed by atoms with Crippen molar-refractivity contribution < 1.29 is 9.84 Å². The Morgan fingerprint density at radius 3 is 2.65 bits per heavy atom. The Bertz CT molecular complexity index is 335. The van der Waals surface area contributed by atoms with Gasteiger partial charge in [-0.2, -0.15) is 0 Å². The maximum absolute atomic E-state index is 9.18. The summed E-state index contributed by atoms with van der Waals surface area (Å²) in [5.74, 6) is 0.812. The van der Waals surface area contributed by atoms with E-state index >= 15 is 0 Å². The summed E-state index contributed by atoms with van der Waals surface area (Å²) in [6, 6.07) is 7.68. The van der Waals surface area contributed by atoms with E-state index in [1.165, 1.54) is 32.4 Å². The molecule has 1 aliphatic rings. The minimum absolute atomic E-state index is 0.0416. The van der Waals surface area contributed by atoms with Gasteiger partial charge in [0.15, 0.2) is 0 Å². The summed E-state index contributed by atoms with van der Waals surface area (Å²) in [5, 5.41) is 9.18. The van der Waals surface area contributed by atoms with Crippen molar-refractivity contribution in [2.24, 2.45) is 0 Å². The monoisotopic (exact) mass is 235 g/mol. The third-order valence-corrected chi connectivity index (χ3v) is 3.26. The number of hydrogen-bond acceptors (Lipinski definition) is 3. The molecular formula is C14H21NO2. The number of aliphatic hydroxyl groups is 1. The van der Waals surface area contributed by atoms with Crippen molar-refractivity contribution in [3.05, 3.63) is 29.8 Å². The van der Waals surface area contributed by atoms with E-state index < -0.39 is 0 Å². The number of benzene rings is 1. The normalized spacial score (nSPS) is 17.0. The standard InChI is InChI=1S/C14H21NO2/c16-12-13-6-2-3-7-14(13)17-11-10-15-8-4-1-5-9-15/h2-3,6-7,16H,1,4-5,8-12H2. The molecule has 0 unspecified atom stereocenters. The van der Waals surface area contributed by atoms with Crippen LogP contribution in [0.3, 0.4) is 0 Å². The molecule has 1 N–H and O–H groups in total. The zero-order chi connectivity index (χ0) is 11.9. The van der Waals surface area contributed by atoms with E-state index in [0.717, 1.165) is 17.9 Å². The van der Waals surface area contributed by atoms with E-state index in [1.54, 1.807) is 0 Å². The van der Waals surface area contributed by atoms with Crippen molar-refractivity contribution in [2.45, 2.75) is 25.9 Å². The second-order valence-corrected chi connectivity index (χ2v) is 4.52. The van der Waals surface area contributed by atoms with Gasteiger partial charge in [-0.25, -0.2) is 0 Å². The highest BCUT2D eigenvalue weighted by Gasteiger charge is 2.09. The molecule has 3 heteroatoms. The largest absolute Gasteiger partial charge is 0.492 e. The second kappa shape index (κ2) is 6.62. The molecule has 2 rings (SSSR count). The summed E-state index contributed by atoms with van der Waals surface area (Å²) in [5.41, 5.74) is 0.867. The van der Waals surface area contributed by atoms with Crippen molar-refractivity contribution in [2.75, 3.05) is 26.2 Å². The SMILES string of the molecule is OCc1ccccc1OCCN1CCCCC1. The lowest BCUT2D eigenvalue weighted by Crippen LogP contribution is -2.33. The molecule has 1 heterocycles. The van der Waals surface area contributed by atoms with Gasteiger partial charge in [0.2, 0.25) is 0 Å². The summed E-state index contributed by atoms with van der Waals surface area (Å²) in [6.07, 6.45) is 3.99. The van der Waals surface area contributed by atoms with Crippen molar-refractivity contribution in [3.8, 4) is 5.75 Å². The van der Waals surface area contributed by atoms with Gasteiger partial charge in [0.1, 0.15) is 12.4 Å². The average Bonchev–Trinajstić information content (AvgIpc) is 2.40. The molecular weight excluding hydrogens is 214 g/mol. The van der Waals surface area contributed by atoms with Gasteiger partial charge in [0.05, 0.1) is 6.61 Å². The van der Waals surface area contributed by atoms with Crippen molar-refractivity contribution >= 4 is 0 Å². The summed E-state index contributed by atoms with van der Waals surface area (Å²) in [6.45, 7) is 4.13. The second-order valence-electron chi connectivity index (χ2n) is 4.52. The van der Waals surface area contributed by atoms with Gasteiger partial charge < -0.3 is 9.84 Å². The summed E-state index contributed by atoms with van der Waals surface area (Å²) < 4.78 is 5.73. The van der Waals surface area contributed by atoms with E-state index in [4.69, 9.17) is 4.74 Å². The molecule has 1 saturated heterocycles. The molecule has 0 aliphatic carbocycles. The first-order chi connectivity index (χ1) is 8.40. The topological polar surface area (TPSA) is 32.7 Å². The molecule has 0 spiro atoms. The van der Waals surface area contributed by atoms with Crippen LogP contribution in [-0.2, 0) is 6.61 Å². The molecule has 94 valence electrons. The lowest BCUT2D eigenvalue weighted by molar-refractivity contribution is 0.180. The predicted octanol–water partition coefficient (Wildman–Crippen LogP) is 2.04. The predicted molar refractivity (Wildman–Crippen MR) is 68.2 cm³/mol. The third-order valence-electron chi connectivity index (χ3n) is 3.26. The Kier molecular flexibility index (Phi) is 4.83. The van der Waals surface area contributed by atoms with Crippen molar-refractivity contribution in [1.29, 1.82) is 0 Å². The van der Waals surface area contributed by atoms with Crippen LogP contribution in [0.2, 0.25) is 0 Å². The Hall–Kier alpha value is -1.06. The first kappa shape index (κ1) is 12.4. The highest BCUT2D eigenvalue weighted by atomic mass is 16.5. The fourth-order valence-corrected chi connectivity index (χ4v) is 2.24. The molecule has 1 aromatic rings. The maximum Gasteiger partial charge on any atom is 0.124 e. The van der Waals surface area contributed by atoms with Crippen LogP contribution < -0.4 is 4.74 Å². The molecule has 0 aromatic heterocycles. The fraction of sp³-hybridized carbons (Fsp3) is 0.571. The minimum atomic E-state index is 0.0416. The van der Waals surface area contributed by atoms with E-state index in [0.29, 0.717) is 6.61 Å². The Labute approximate surface area is 103 Å². The van der Waals surface area contributed by atoms with E-state index in [-0.39, 0.29) is 6.61 Å². The highest BCUT2D eigenvalue weighted by molar-refractivity contribution is 5.32. The summed E-state index contributed by atoms with van der Waals surface area (Å²) in [7, 11) is 0. The van der Waals surface area contributed by atoms with Crippen LogP contribution in [-0.4, -0.2) is 36.2 Å². The quantitative estimate of drug-likeness (QED) is 0.847. The first-order valence-electron chi connectivity index (χ1n) is 6.44. The minimum Gasteiger partial charge on any atom is -0.492 e. The molecule has 0 amide bonds. The van der Waals surface area contributed by atoms with Gasteiger partial charge in [-0.15, -0.1) is 0 Å². The lowest BCUT2D eigenvalue weighted by atomic mass is 10.1. The third kappa shape index (κ3) is 3.72. The fourth-order valence-electron chi connectivity index (χ4n) is 2.24. The van der Waals surface area contributed by atoms with Crippen LogP contribution in [0.5, 0.6) is 5.75 Å². The number of para-hydroxylation sites is 1. The van der Waals surface area contributed by atoms with E-state index in [2.05, 4.69) is 4.90 Å². The van der Waals surface area contributed by atoms with Gasteiger partial charge >= 0.3 is 0 Å². The number of rotatable bonds is 5. The van der Waals surface area contributed by atoms with Crippen molar-refractivity contribution in [3.63, 3.8) is 0 Å². The van der Waals surface area contributed by atoms with Gasteiger partial charge in [-0.05, 0) is 32.0 Å². The lowest BCUT2D eigenvalue weighted by Gasteiger charge is -2.26. The molecule has 0 radical (unpaired) electrons. The van der Waals surface area contributed by atoms with Crippen LogP contribution in [0, 0.1) is 0 Å². The Morgan fingerprint density at radius 1 is 1.12 bits per heavy atom. The van der Waals surface area contributed by atoms with Gasteiger partial charge in [0.25, 0.3) is 0 Å². The molecule has 17 heavy (non-hydrogen) atoms. The zero-order valence-corrected chi connectivity index (χ0v) is 10.3. The zero-order valence-electron chi connectivity index (χ0n) is 10.3. The van der Waals surface area contributed by atoms with E-state index in [9.17, 15) is 5.11 Å². The van der Waals surface area contributed by atoms with Gasteiger partial charge in [-0.3, -0.25) is 4.90 Å². The number of aliphatic hydroxyl groups excluding tert-OH is 1. The van der Waals surface area contributed by atoms with Crippen LogP contribution in [0.1, 0.15) is 24.8 Å². The Morgan fingerprint density at radius 2 is 1.88 bits per heavy atom. The maximum atomic E-state index is 9.18. The van der Waals surface area contributed by atoms with Crippen molar-refractivity contribution in [1.82, 2.24) is 4.90 Å². The molecule has 1 aromatic carbocycles. The van der Waals surface area contributed by atoms with Crippen LogP contribution >= 0.6 is 0 Å². The number of piperidine rings is 1. The number of hydrogen-bond donors (Lipinski definition) is 1. The molecule has 1 fully saturated rings. The molecule has 1 aliphatic heterocycles. The van der Waals surface area contributed by atoms with E-state index in [1.807, 2.05) is 24.3 Å². The molecule has 3 nitrogen and oxygen atoms in total. The molecule has 0 saturated carbocycles. The molecule has 0 bridgehead atoms. The van der Waals surface area contributed by atoms with Crippen LogP contribution in [0.15, 0.2) is 24.3 Å². The smallest absolute Gasteiger partial charge is 0.124 e. The average molecular weight is 235 g/mol. The van der Waals surface area contributed by atoms with Crippen LogP contribution in [0.25, 0.3) is 0 Å². The first-order valence-corrected chi connectivity index (χ1v) is 6.44. The van der Waals surface area contributed by atoms with Crippen LogP contribution in [0.4, 0.5) is 0 Å². The van der Waals surface area contributed by atoms with Gasteiger partial charge in [0, 0.05) is 12.1 Å². The number of nitrogens with zero attached hydrogens (tertiary/aromatic N) is 1. The highest BCUT2D eigenvalue weighted by Crippen LogP contribution is 2.17. The summed E-state index contributed by atoms with van der Waals surface area (Å²) in [4.78, 5) is 2.45. The Balaban J connectivity index is 1.77. The number of likely N-dealkylation sites (tertiary alicyclic amines) is 1. The molecule has 0 atom stereocenters. The van der Waals surface area contributed by atoms with Gasteiger partial charge in [-0.1, -0.05) is 24.6 Å². The summed E-state index contributed by atoms with van der Waals surface area (Å²) >= 11 is 0.